The number of carbonyl (C=O) groups is 1. The lowest BCUT2D eigenvalue weighted by Crippen LogP contribution is -2.48. The summed E-state index contributed by atoms with van der Waals surface area (Å²) in [5, 5.41) is 9.72. The number of anilines is 1. The van der Waals surface area contributed by atoms with E-state index in [4.69, 9.17) is 4.74 Å². The minimum atomic E-state index is -2.69. The van der Waals surface area contributed by atoms with E-state index in [1.807, 2.05) is 6.92 Å². The number of amides is 2. The number of alkyl halides is 2. The Morgan fingerprint density at radius 3 is 3.00 bits per heavy atom. The molecule has 1 unspecified atom stereocenters. The summed E-state index contributed by atoms with van der Waals surface area (Å²) < 4.78 is 31.3. The Kier molecular flexibility index (Phi) is 3.69. The molecule has 1 atom stereocenters. The van der Waals surface area contributed by atoms with Gasteiger partial charge in [-0.25, -0.2) is 9.48 Å². The molecule has 0 spiro atoms. The molecule has 1 aromatic carbocycles. The second-order valence-corrected chi connectivity index (χ2v) is 5.58. The Balaban J connectivity index is 1.72. The Hall–Kier alpha value is -2.22. The Labute approximate surface area is 125 Å². The van der Waals surface area contributed by atoms with Gasteiger partial charge < -0.3 is 15.4 Å². The molecule has 2 N–H and O–H groups in total. The number of aromatic nitrogens is 2. The molecule has 22 heavy (non-hydrogen) atoms. The number of hydrogen-bond donors (Lipinski definition) is 2. The molecular formula is C14H16F2N4O2. The molecule has 3 rings (SSSR count). The number of ether oxygens (including phenoxy) is 1. The topological polar surface area (TPSA) is 68.2 Å². The van der Waals surface area contributed by atoms with Crippen molar-refractivity contribution in [1.29, 1.82) is 0 Å². The van der Waals surface area contributed by atoms with Gasteiger partial charge in [-0.2, -0.15) is 13.9 Å². The number of urea groups is 1. The molecule has 0 bridgehead atoms. The molecule has 1 aliphatic rings. The van der Waals surface area contributed by atoms with Crippen LogP contribution in [0.3, 0.4) is 0 Å². The van der Waals surface area contributed by atoms with Crippen LogP contribution in [0.4, 0.5) is 19.3 Å². The van der Waals surface area contributed by atoms with Crippen molar-refractivity contribution in [3.8, 4) is 0 Å². The van der Waals surface area contributed by atoms with Crippen molar-refractivity contribution >= 4 is 22.6 Å². The van der Waals surface area contributed by atoms with Gasteiger partial charge in [0, 0.05) is 17.7 Å². The van der Waals surface area contributed by atoms with Gasteiger partial charge in [0.25, 0.3) is 0 Å². The summed E-state index contributed by atoms with van der Waals surface area (Å²) in [4.78, 5) is 12.0. The van der Waals surface area contributed by atoms with Crippen LogP contribution in [0.2, 0.25) is 0 Å². The first kappa shape index (κ1) is 14.7. The van der Waals surface area contributed by atoms with E-state index < -0.39 is 6.55 Å². The Bertz CT molecular complexity index is 695. The molecule has 2 amide bonds. The summed E-state index contributed by atoms with van der Waals surface area (Å²) in [5.41, 5.74) is 0.452. The SMILES string of the molecule is CC1(NC(=O)Nc2ccc3c(cnn3C(F)F)c2)CCOC1. The van der Waals surface area contributed by atoms with Crippen molar-refractivity contribution in [2.75, 3.05) is 18.5 Å². The molecule has 0 aliphatic carbocycles. The lowest BCUT2D eigenvalue weighted by Gasteiger charge is -2.23. The van der Waals surface area contributed by atoms with Gasteiger partial charge in [-0.1, -0.05) is 0 Å². The van der Waals surface area contributed by atoms with E-state index in [0.717, 1.165) is 6.42 Å². The minimum absolute atomic E-state index is 0.317. The molecule has 1 aliphatic heterocycles. The quantitative estimate of drug-likeness (QED) is 0.916. The van der Waals surface area contributed by atoms with Crippen LogP contribution in [-0.2, 0) is 4.74 Å². The molecular weight excluding hydrogens is 294 g/mol. The van der Waals surface area contributed by atoms with Crippen LogP contribution >= 0.6 is 0 Å². The van der Waals surface area contributed by atoms with E-state index in [9.17, 15) is 13.6 Å². The molecule has 0 radical (unpaired) electrons. The smallest absolute Gasteiger partial charge is 0.333 e. The van der Waals surface area contributed by atoms with Gasteiger partial charge >= 0.3 is 12.6 Å². The maximum atomic E-state index is 12.7. The second kappa shape index (κ2) is 5.53. The Morgan fingerprint density at radius 1 is 1.50 bits per heavy atom. The Morgan fingerprint density at radius 2 is 2.32 bits per heavy atom. The summed E-state index contributed by atoms with van der Waals surface area (Å²) >= 11 is 0. The first-order valence-electron chi connectivity index (χ1n) is 6.89. The van der Waals surface area contributed by atoms with Gasteiger partial charge in [0.1, 0.15) is 0 Å². The van der Waals surface area contributed by atoms with Crippen molar-refractivity contribution in [2.45, 2.75) is 25.4 Å². The zero-order chi connectivity index (χ0) is 15.7. The van der Waals surface area contributed by atoms with E-state index in [1.165, 1.54) is 12.3 Å². The molecule has 1 aromatic heterocycles. The van der Waals surface area contributed by atoms with Crippen LogP contribution in [0, 0.1) is 0 Å². The van der Waals surface area contributed by atoms with Crippen LogP contribution in [-0.4, -0.2) is 34.6 Å². The van der Waals surface area contributed by atoms with Gasteiger partial charge in [0.2, 0.25) is 0 Å². The lowest BCUT2D eigenvalue weighted by atomic mass is 10.0. The van der Waals surface area contributed by atoms with Crippen molar-refractivity contribution in [3.05, 3.63) is 24.4 Å². The lowest BCUT2D eigenvalue weighted by molar-refractivity contribution is 0.0615. The number of fused-ring (bicyclic) bond motifs is 1. The summed E-state index contributed by atoms with van der Waals surface area (Å²) in [6, 6.07) is 4.32. The third-order valence-electron chi connectivity index (χ3n) is 3.67. The summed E-state index contributed by atoms with van der Waals surface area (Å²) in [6.45, 7) is 0.313. The van der Waals surface area contributed by atoms with E-state index in [1.54, 1.807) is 12.1 Å². The number of carbonyl (C=O) groups excluding carboxylic acids is 1. The highest BCUT2D eigenvalue weighted by Gasteiger charge is 2.31. The first-order valence-corrected chi connectivity index (χ1v) is 6.89. The van der Waals surface area contributed by atoms with Crippen molar-refractivity contribution < 1.29 is 18.3 Å². The third-order valence-corrected chi connectivity index (χ3v) is 3.67. The van der Waals surface area contributed by atoms with Gasteiger partial charge in [-0.3, -0.25) is 0 Å². The number of hydrogen-bond acceptors (Lipinski definition) is 3. The summed E-state index contributed by atoms with van der Waals surface area (Å²) in [7, 11) is 0. The van der Waals surface area contributed by atoms with E-state index in [2.05, 4.69) is 15.7 Å². The van der Waals surface area contributed by atoms with Gasteiger partial charge in [-0.05, 0) is 31.5 Å². The van der Waals surface area contributed by atoms with Gasteiger partial charge in [-0.15, -0.1) is 0 Å². The number of rotatable bonds is 3. The van der Waals surface area contributed by atoms with Gasteiger partial charge in [0.05, 0.1) is 23.9 Å². The zero-order valence-corrected chi connectivity index (χ0v) is 12.0. The van der Waals surface area contributed by atoms with Crippen molar-refractivity contribution in [3.63, 3.8) is 0 Å². The number of nitrogens with zero attached hydrogens (tertiary/aromatic N) is 2. The minimum Gasteiger partial charge on any atom is -0.379 e. The predicted octanol–water partition coefficient (Wildman–Crippen LogP) is 2.73. The molecule has 118 valence electrons. The molecule has 1 fully saturated rings. The van der Waals surface area contributed by atoms with Crippen molar-refractivity contribution in [2.24, 2.45) is 0 Å². The van der Waals surface area contributed by atoms with Crippen LogP contribution in [0.25, 0.3) is 10.9 Å². The molecule has 8 heteroatoms. The molecule has 2 aromatic rings. The van der Waals surface area contributed by atoms with Crippen LogP contribution < -0.4 is 10.6 Å². The highest BCUT2D eigenvalue weighted by molar-refractivity contribution is 5.93. The molecule has 2 heterocycles. The first-order chi connectivity index (χ1) is 10.5. The highest BCUT2D eigenvalue weighted by atomic mass is 19.3. The largest absolute Gasteiger partial charge is 0.379 e. The highest BCUT2D eigenvalue weighted by Crippen LogP contribution is 2.23. The summed E-state index contributed by atoms with van der Waals surface area (Å²) in [6.07, 6.45) is 2.09. The average molecular weight is 310 g/mol. The number of halogens is 2. The second-order valence-electron chi connectivity index (χ2n) is 5.58. The van der Waals surface area contributed by atoms with E-state index >= 15 is 0 Å². The maximum Gasteiger partial charge on any atom is 0.333 e. The molecule has 1 saturated heterocycles. The van der Waals surface area contributed by atoms with Crippen molar-refractivity contribution in [1.82, 2.24) is 15.1 Å². The normalized spacial score (nSPS) is 21.5. The van der Waals surface area contributed by atoms with Gasteiger partial charge in [0.15, 0.2) is 0 Å². The van der Waals surface area contributed by atoms with Crippen LogP contribution in [0.5, 0.6) is 0 Å². The van der Waals surface area contributed by atoms with Crippen LogP contribution in [0.15, 0.2) is 24.4 Å². The van der Waals surface area contributed by atoms with Crippen LogP contribution in [0.1, 0.15) is 19.9 Å². The fourth-order valence-corrected chi connectivity index (χ4v) is 2.49. The molecule has 6 nitrogen and oxygen atoms in total. The fourth-order valence-electron chi connectivity index (χ4n) is 2.49. The number of nitrogens with one attached hydrogen (secondary N) is 2. The number of benzene rings is 1. The monoisotopic (exact) mass is 310 g/mol. The third kappa shape index (κ3) is 2.87. The predicted molar refractivity (Wildman–Crippen MR) is 77.0 cm³/mol. The maximum absolute atomic E-state index is 12.7. The van der Waals surface area contributed by atoms with E-state index in [-0.39, 0.29) is 11.6 Å². The standard InChI is InChI=1S/C14H16F2N4O2/c1-14(4-5-22-8-14)19-13(21)18-10-2-3-11-9(6-10)7-17-20(11)12(15)16/h2-3,6-7,12H,4-5,8H2,1H3,(H2,18,19,21). The molecule has 0 saturated carbocycles. The summed E-state index contributed by atoms with van der Waals surface area (Å²) in [5.74, 6) is 0. The average Bonchev–Trinajstić information content (AvgIpc) is 3.04. The zero-order valence-electron chi connectivity index (χ0n) is 12.0. The van der Waals surface area contributed by atoms with E-state index in [0.29, 0.717) is 34.5 Å². The fraction of sp³-hybridized carbons (Fsp3) is 0.429.